The van der Waals surface area contributed by atoms with E-state index in [1.165, 1.54) is 13.2 Å². The summed E-state index contributed by atoms with van der Waals surface area (Å²) in [4.78, 5) is 11.0. The number of alkyl halides is 3. The van der Waals surface area contributed by atoms with Crippen LogP contribution in [0.1, 0.15) is 11.7 Å². The highest BCUT2D eigenvalue weighted by atomic mass is 19.4. The van der Waals surface area contributed by atoms with Crippen molar-refractivity contribution in [2.45, 2.75) is 12.3 Å². The van der Waals surface area contributed by atoms with Crippen LogP contribution in [0.25, 0.3) is 0 Å². The van der Waals surface area contributed by atoms with Gasteiger partial charge in [0.05, 0.1) is 0 Å². The third-order valence-electron chi connectivity index (χ3n) is 1.75. The Bertz CT molecular complexity index is 383. The number of aliphatic hydroxyl groups excluding tert-OH is 1. The van der Waals surface area contributed by atoms with Crippen LogP contribution < -0.4 is 5.56 Å². The van der Waals surface area contributed by atoms with Crippen molar-refractivity contribution in [1.82, 2.24) is 4.57 Å². The molecular weight excluding hydrogens is 199 g/mol. The van der Waals surface area contributed by atoms with Gasteiger partial charge in [0.2, 0.25) is 0 Å². The lowest BCUT2D eigenvalue weighted by Crippen LogP contribution is -2.23. The lowest BCUT2D eigenvalue weighted by atomic mass is 10.1. The predicted molar refractivity (Wildman–Crippen MR) is 42.7 cm³/mol. The van der Waals surface area contributed by atoms with E-state index in [2.05, 4.69) is 0 Å². The molecule has 1 aromatic heterocycles. The van der Waals surface area contributed by atoms with Crippen LogP contribution in [0.2, 0.25) is 0 Å². The topological polar surface area (TPSA) is 42.2 Å². The van der Waals surface area contributed by atoms with E-state index in [0.717, 1.165) is 16.7 Å². The molecule has 1 heterocycles. The molecule has 1 N–H and O–H groups in total. The summed E-state index contributed by atoms with van der Waals surface area (Å²) in [6.07, 6.45) is -6.17. The monoisotopic (exact) mass is 207 g/mol. The van der Waals surface area contributed by atoms with Crippen molar-refractivity contribution in [3.63, 3.8) is 0 Å². The summed E-state index contributed by atoms with van der Waals surface area (Å²) < 4.78 is 37.1. The average molecular weight is 207 g/mol. The number of aromatic nitrogens is 1. The standard InChI is InChI=1S/C8H8F3NO2/c1-12-3-2-5(4-6(12)13)7(14)8(9,10)11/h2-4,7,14H,1H3. The fourth-order valence-electron chi connectivity index (χ4n) is 0.923. The molecule has 1 atom stereocenters. The molecule has 3 nitrogen and oxygen atoms in total. The van der Waals surface area contributed by atoms with Gasteiger partial charge in [-0.25, -0.2) is 0 Å². The minimum absolute atomic E-state index is 0.444. The molecule has 1 unspecified atom stereocenters. The van der Waals surface area contributed by atoms with Crippen LogP contribution in [-0.2, 0) is 7.05 Å². The highest BCUT2D eigenvalue weighted by Crippen LogP contribution is 2.31. The molecule has 6 heteroatoms. The highest BCUT2D eigenvalue weighted by molar-refractivity contribution is 5.15. The first-order valence-corrected chi connectivity index (χ1v) is 3.73. The Kier molecular flexibility index (Phi) is 2.66. The summed E-state index contributed by atoms with van der Waals surface area (Å²) in [6.45, 7) is 0. The third kappa shape index (κ3) is 2.14. The largest absolute Gasteiger partial charge is 0.418 e. The van der Waals surface area contributed by atoms with Crippen molar-refractivity contribution in [1.29, 1.82) is 0 Å². The Labute approximate surface area is 77.4 Å². The van der Waals surface area contributed by atoms with Gasteiger partial charge in [0.25, 0.3) is 5.56 Å². The fourth-order valence-corrected chi connectivity index (χ4v) is 0.923. The zero-order valence-electron chi connectivity index (χ0n) is 7.25. The summed E-state index contributed by atoms with van der Waals surface area (Å²) in [5.74, 6) is 0. The van der Waals surface area contributed by atoms with Gasteiger partial charge in [0.1, 0.15) is 0 Å². The minimum Gasteiger partial charge on any atom is -0.379 e. The van der Waals surface area contributed by atoms with Gasteiger partial charge >= 0.3 is 6.18 Å². The van der Waals surface area contributed by atoms with E-state index in [1.807, 2.05) is 0 Å². The molecule has 0 aromatic carbocycles. The van der Waals surface area contributed by atoms with Gasteiger partial charge in [0.15, 0.2) is 6.10 Å². The maximum absolute atomic E-state index is 12.0. The fraction of sp³-hybridized carbons (Fsp3) is 0.375. The molecule has 0 amide bonds. The molecule has 0 bridgehead atoms. The van der Waals surface area contributed by atoms with Gasteiger partial charge in [-0.15, -0.1) is 0 Å². The first-order chi connectivity index (χ1) is 6.32. The van der Waals surface area contributed by atoms with Gasteiger partial charge in [-0.1, -0.05) is 0 Å². The van der Waals surface area contributed by atoms with Crippen LogP contribution >= 0.6 is 0 Å². The zero-order chi connectivity index (χ0) is 10.9. The van der Waals surface area contributed by atoms with E-state index in [1.54, 1.807) is 0 Å². The van der Waals surface area contributed by atoms with Crippen LogP contribution in [-0.4, -0.2) is 15.8 Å². The van der Waals surface area contributed by atoms with E-state index < -0.39 is 23.4 Å². The van der Waals surface area contributed by atoms with Crippen molar-refractivity contribution < 1.29 is 18.3 Å². The Morgan fingerprint density at radius 1 is 1.50 bits per heavy atom. The van der Waals surface area contributed by atoms with Crippen molar-refractivity contribution >= 4 is 0 Å². The van der Waals surface area contributed by atoms with Gasteiger partial charge < -0.3 is 9.67 Å². The maximum atomic E-state index is 12.0. The molecule has 0 aliphatic rings. The van der Waals surface area contributed by atoms with Crippen molar-refractivity contribution in [3.05, 3.63) is 34.2 Å². The quantitative estimate of drug-likeness (QED) is 0.745. The SMILES string of the molecule is Cn1ccc(C(O)C(F)(F)F)cc1=O. The second kappa shape index (κ2) is 3.45. The first kappa shape index (κ1) is 10.8. The summed E-state index contributed by atoms with van der Waals surface area (Å²) in [5.41, 5.74) is -1.04. The molecular formula is C8H8F3NO2. The summed E-state index contributed by atoms with van der Waals surface area (Å²) in [7, 11) is 1.41. The van der Waals surface area contributed by atoms with E-state index in [9.17, 15) is 18.0 Å². The van der Waals surface area contributed by atoms with Gasteiger partial charge in [-0.2, -0.15) is 13.2 Å². The number of nitrogens with zero attached hydrogens (tertiary/aromatic N) is 1. The molecule has 0 fully saturated rings. The second-order valence-corrected chi connectivity index (χ2v) is 2.85. The number of halogens is 3. The molecule has 1 rings (SSSR count). The van der Waals surface area contributed by atoms with Crippen LogP contribution in [0.15, 0.2) is 23.1 Å². The molecule has 0 aliphatic carbocycles. The molecule has 0 spiro atoms. The number of rotatable bonds is 1. The molecule has 0 radical (unpaired) electrons. The van der Waals surface area contributed by atoms with E-state index in [0.29, 0.717) is 0 Å². The van der Waals surface area contributed by atoms with E-state index in [-0.39, 0.29) is 0 Å². The van der Waals surface area contributed by atoms with Crippen molar-refractivity contribution in [2.75, 3.05) is 0 Å². The van der Waals surface area contributed by atoms with Crippen LogP contribution in [0, 0.1) is 0 Å². The Morgan fingerprint density at radius 3 is 2.50 bits per heavy atom. The first-order valence-electron chi connectivity index (χ1n) is 3.73. The van der Waals surface area contributed by atoms with Crippen molar-refractivity contribution in [2.24, 2.45) is 7.05 Å². The molecule has 78 valence electrons. The molecule has 0 aliphatic heterocycles. The van der Waals surface area contributed by atoms with Crippen LogP contribution in [0.4, 0.5) is 13.2 Å². The average Bonchev–Trinajstić information content (AvgIpc) is 2.07. The minimum atomic E-state index is -4.74. The van der Waals surface area contributed by atoms with E-state index in [4.69, 9.17) is 5.11 Å². The lowest BCUT2D eigenvalue weighted by molar-refractivity contribution is -0.206. The third-order valence-corrected chi connectivity index (χ3v) is 1.75. The van der Waals surface area contributed by atoms with Crippen LogP contribution in [0.3, 0.4) is 0 Å². The molecule has 1 aromatic rings. The Balaban J connectivity index is 3.10. The number of hydrogen-bond donors (Lipinski definition) is 1. The van der Waals surface area contributed by atoms with Crippen LogP contribution in [0.5, 0.6) is 0 Å². The second-order valence-electron chi connectivity index (χ2n) is 2.85. The Morgan fingerprint density at radius 2 is 2.07 bits per heavy atom. The van der Waals surface area contributed by atoms with Crippen molar-refractivity contribution in [3.8, 4) is 0 Å². The molecule has 0 saturated carbocycles. The smallest absolute Gasteiger partial charge is 0.379 e. The van der Waals surface area contributed by atoms with Gasteiger partial charge in [-0.05, 0) is 11.6 Å². The lowest BCUT2D eigenvalue weighted by Gasteiger charge is -2.14. The number of pyridine rings is 1. The maximum Gasteiger partial charge on any atom is 0.418 e. The molecule has 14 heavy (non-hydrogen) atoms. The number of aryl methyl sites for hydroxylation is 1. The Hall–Kier alpha value is -1.30. The molecule has 0 saturated heterocycles. The number of aliphatic hydroxyl groups is 1. The van der Waals surface area contributed by atoms with Gasteiger partial charge in [0, 0.05) is 19.3 Å². The predicted octanol–water partition coefficient (Wildman–Crippen LogP) is 0.981. The normalized spacial score (nSPS) is 14.1. The van der Waals surface area contributed by atoms with E-state index >= 15 is 0 Å². The highest BCUT2D eigenvalue weighted by Gasteiger charge is 2.39. The summed E-state index contributed by atoms with van der Waals surface area (Å²) >= 11 is 0. The zero-order valence-corrected chi connectivity index (χ0v) is 7.25. The number of hydrogen-bond acceptors (Lipinski definition) is 2. The summed E-state index contributed by atoms with van der Waals surface area (Å²) in [6, 6.07) is 1.82. The summed E-state index contributed by atoms with van der Waals surface area (Å²) in [5, 5.41) is 8.80. The van der Waals surface area contributed by atoms with Gasteiger partial charge in [-0.3, -0.25) is 4.79 Å².